The summed E-state index contributed by atoms with van der Waals surface area (Å²) in [5.74, 6) is 0.260. The highest BCUT2D eigenvalue weighted by molar-refractivity contribution is 7.80. The molecule has 2 aromatic carbocycles. The number of para-hydroxylation sites is 2. The Morgan fingerprint density at radius 1 is 1.00 bits per heavy atom. The molecule has 0 unspecified atom stereocenters. The number of hydrogen-bond donors (Lipinski definition) is 3. The highest BCUT2D eigenvalue weighted by Gasteiger charge is 2.16. The quantitative estimate of drug-likeness (QED) is 0.571. The van der Waals surface area contributed by atoms with Crippen molar-refractivity contribution < 1.29 is 14.3 Å². The lowest BCUT2D eigenvalue weighted by Crippen LogP contribution is -2.35. The van der Waals surface area contributed by atoms with Crippen molar-refractivity contribution in [2.75, 3.05) is 18.5 Å². The third-order valence-corrected chi connectivity index (χ3v) is 4.09. The average molecular weight is 414 g/mol. The monoisotopic (exact) mass is 413 g/mol. The molecule has 0 aliphatic heterocycles. The van der Waals surface area contributed by atoms with E-state index in [9.17, 15) is 9.59 Å². The number of thiocarbonyl (C=S) groups is 1. The lowest BCUT2D eigenvalue weighted by atomic mass is 10.1. The highest BCUT2D eigenvalue weighted by Crippen LogP contribution is 2.19. The van der Waals surface area contributed by atoms with Gasteiger partial charge in [0.15, 0.2) is 5.11 Å². The molecular formula is C22H27N3O3S. The van der Waals surface area contributed by atoms with Crippen LogP contribution in [0.3, 0.4) is 0 Å². The SMILES string of the molecule is CCCNC(=O)c1ccccc1NC(=S)NC(=O)c1ccccc1OCC(C)C. The van der Waals surface area contributed by atoms with Gasteiger partial charge in [-0.15, -0.1) is 0 Å². The van der Waals surface area contributed by atoms with Crippen LogP contribution in [0, 0.1) is 5.92 Å². The molecule has 3 N–H and O–H groups in total. The van der Waals surface area contributed by atoms with Gasteiger partial charge >= 0.3 is 0 Å². The molecule has 2 rings (SSSR count). The molecule has 7 heteroatoms. The molecule has 0 aliphatic rings. The van der Waals surface area contributed by atoms with Crippen LogP contribution in [0.1, 0.15) is 47.9 Å². The van der Waals surface area contributed by atoms with Crippen LogP contribution in [-0.2, 0) is 0 Å². The predicted molar refractivity (Wildman–Crippen MR) is 120 cm³/mol. The van der Waals surface area contributed by atoms with Crippen LogP contribution in [-0.4, -0.2) is 30.1 Å². The fourth-order valence-corrected chi connectivity index (χ4v) is 2.69. The van der Waals surface area contributed by atoms with Gasteiger partial charge in [-0.3, -0.25) is 14.9 Å². The number of ether oxygens (including phenoxy) is 1. The van der Waals surface area contributed by atoms with Gasteiger partial charge in [-0.2, -0.15) is 0 Å². The summed E-state index contributed by atoms with van der Waals surface area (Å²) < 4.78 is 5.73. The minimum Gasteiger partial charge on any atom is -0.492 e. The van der Waals surface area contributed by atoms with Crippen LogP contribution >= 0.6 is 12.2 Å². The molecule has 0 atom stereocenters. The van der Waals surface area contributed by atoms with Crippen LogP contribution < -0.4 is 20.7 Å². The third-order valence-electron chi connectivity index (χ3n) is 3.89. The van der Waals surface area contributed by atoms with Gasteiger partial charge < -0.3 is 15.4 Å². The molecule has 0 heterocycles. The van der Waals surface area contributed by atoms with Crippen molar-refractivity contribution in [1.82, 2.24) is 10.6 Å². The second kappa shape index (κ2) is 11.2. The Kier molecular flexibility index (Phi) is 8.61. The number of anilines is 1. The summed E-state index contributed by atoms with van der Waals surface area (Å²) in [4.78, 5) is 25.0. The molecule has 0 aliphatic carbocycles. The third kappa shape index (κ3) is 6.87. The molecule has 0 spiro atoms. The zero-order valence-electron chi connectivity index (χ0n) is 17.0. The molecule has 6 nitrogen and oxygen atoms in total. The van der Waals surface area contributed by atoms with Crippen molar-refractivity contribution in [2.24, 2.45) is 5.92 Å². The van der Waals surface area contributed by atoms with Crippen molar-refractivity contribution in [1.29, 1.82) is 0 Å². The van der Waals surface area contributed by atoms with Gasteiger partial charge in [0.1, 0.15) is 5.75 Å². The second-order valence-electron chi connectivity index (χ2n) is 6.91. The number of amides is 2. The highest BCUT2D eigenvalue weighted by atomic mass is 32.1. The van der Waals surface area contributed by atoms with Crippen molar-refractivity contribution >= 4 is 34.8 Å². The Hall–Kier alpha value is -2.93. The van der Waals surface area contributed by atoms with E-state index in [-0.39, 0.29) is 16.9 Å². The number of carbonyl (C=O) groups excluding carboxylic acids is 2. The Labute approximate surface area is 177 Å². The molecule has 0 aromatic heterocycles. The molecule has 29 heavy (non-hydrogen) atoms. The van der Waals surface area contributed by atoms with Crippen molar-refractivity contribution in [3.63, 3.8) is 0 Å². The minimum absolute atomic E-state index is 0.101. The van der Waals surface area contributed by atoms with E-state index in [1.54, 1.807) is 42.5 Å². The summed E-state index contributed by atoms with van der Waals surface area (Å²) in [7, 11) is 0. The van der Waals surface area contributed by atoms with Gasteiger partial charge in [-0.25, -0.2) is 0 Å². The maximum atomic E-state index is 12.7. The molecule has 0 bridgehead atoms. The molecule has 0 radical (unpaired) electrons. The van der Waals surface area contributed by atoms with Crippen LogP contribution in [0.25, 0.3) is 0 Å². The normalized spacial score (nSPS) is 10.3. The van der Waals surface area contributed by atoms with Crippen molar-refractivity contribution in [2.45, 2.75) is 27.2 Å². The van der Waals surface area contributed by atoms with E-state index in [0.29, 0.717) is 41.6 Å². The number of nitrogens with one attached hydrogen (secondary N) is 3. The van der Waals surface area contributed by atoms with Crippen molar-refractivity contribution in [3.8, 4) is 5.75 Å². The summed E-state index contributed by atoms with van der Waals surface area (Å²) >= 11 is 5.28. The maximum absolute atomic E-state index is 12.7. The fourth-order valence-electron chi connectivity index (χ4n) is 2.48. The molecule has 2 aromatic rings. The Morgan fingerprint density at radius 3 is 2.34 bits per heavy atom. The molecule has 0 fully saturated rings. The molecule has 0 saturated heterocycles. The van der Waals surface area contributed by atoms with Gasteiger partial charge in [0.05, 0.1) is 23.4 Å². The van der Waals surface area contributed by atoms with Gasteiger partial charge in [0, 0.05) is 6.54 Å². The molecular weight excluding hydrogens is 386 g/mol. The smallest absolute Gasteiger partial charge is 0.261 e. The molecule has 0 saturated carbocycles. The Bertz CT molecular complexity index is 868. The Balaban J connectivity index is 2.07. The van der Waals surface area contributed by atoms with Gasteiger partial charge in [0.25, 0.3) is 11.8 Å². The predicted octanol–water partition coefficient (Wildman–Crippen LogP) is 3.99. The van der Waals surface area contributed by atoms with Crippen LogP contribution in [0.2, 0.25) is 0 Å². The summed E-state index contributed by atoms with van der Waals surface area (Å²) in [6.07, 6.45) is 0.841. The minimum atomic E-state index is -0.380. The summed E-state index contributed by atoms with van der Waals surface area (Å²) in [5.41, 5.74) is 1.38. The van der Waals surface area contributed by atoms with E-state index in [4.69, 9.17) is 17.0 Å². The maximum Gasteiger partial charge on any atom is 0.261 e. The standard InChI is InChI=1S/C22H27N3O3S/c1-4-13-23-20(26)16-9-5-7-11-18(16)24-22(29)25-21(27)17-10-6-8-12-19(17)28-14-15(2)3/h5-12,15H,4,13-14H2,1-3H3,(H,23,26)(H2,24,25,27,29). The first kappa shape index (κ1) is 22.4. The van der Waals surface area contributed by atoms with E-state index >= 15 is 0 Å². The van der Waals surface area contributed by atoms with E-state index in [0.717, 1.165) is 6.42 Å². The van der Waals surface area contributed by atoms with Crippen LogP contribution in [0.15, 0.2) is 48.5 Å². The van der Waals surface area contributed by atoms with Gasteiger partial charge in [0.2, 0.25) is 0 Å². The zero-order valence-corrected chi connectivity index (χ0v) is 17.8. The summed E-state index contributed by atoms with van der Waals surface area (Å²) in [6.45, 7) is 7.15. The van der Waals surface area contributed by atoms with E-state index in [1.165, 1.54) is 0 Å². The van der Waals surface area contributed by atoms with E-state index in [2.05, 4.69) is 16.0 Å². The van der Waals surface area contributed by atoms with Gasteiger partial charge in [-0.05, 0) is 48.8 Å². The molecule has 2 amide bonds. The van der Waals surface area contributed by atoms with Crippen LogP contribution in [0.4, 0.5) is 5.69 Å². The fraction of sp³-hybridized carbons (Fsp3) is 0.318. The van der Waals surface area contributed by atoms with Crippen LogP contribution in [0.5, 0.6) is 5.75 Å². The number of rotatable bonds is 8. The van der Waals surface area contributed by atoms with Crippen molar-refractivity contribution in [3.05, 3.63) is 59.7 Å². The summed E-state index contributed by atoms with van der Waals surface area (Å²) in [5, 5.41) is 8.52. The zero-order chi connectivity index (χ0) is 21.2. The number of hydrogen-bond acceptors (Lipinski definition) is 4. The lowest BCUT2D eigenvalue weighted by Gasteiger charge is -2.15. The van der Waals surface area contributed by atoms with Gasteiger partial charge in [-0.1, -0.05) is 45.0 Å². The molecule has 154 valence electrons. The lowest BCUT2D eigenvalue weighted by molar-refractivity contribution is 0.0952. The topological polar surface area (TPSA) is 79.5 Å². The number of carbonyl (C=O) groups is 2. The first-order valence-corrected chi connectivity index (χ1v) is 10.0. The summed E-state index contributed by atoms with van der Waals surface area (Å²) in [6, 6.07) is 14.0. The average Bonchev–Trinajstić information content (AvgIpc) is 2.70. The number of benzene rings is 2. The van der Waals surface area contributed by atoms with E-state index in [1.807, 2.05) is 26.8 Å². The van der Waals surface area contributed by atoms with E-state index < -0.39 is 0 Å². The first-order chi connectivity index (χ1) is 13.9. The second-order valence-corrected chi connectivity index (χ2v) is 7.32. The largest absolute Gasteiger partial charge is 0.492 e. The Morgan fingerprint density at radius 2 is 1.66 bits per heavy atom. The first-order valence-electron chi connectivity index (χ1n) is 9.63.